The lowest BCUT2D eigenvalue weighted by Gasteiger charge is -2.23. The highest BCUT2D eigenvalue weighted by atomic mass is 16.2. The molecule has 0 saturated carbocycles. The van der Waals surface area contributed by atoms with E-state index in [0.717, 1.165) is 32.5 Å². The summed E-state index contributed by atoms with van der Waals surface area (Å²) < 4.78 is 0. The van der Waals surface area contributed by atoms with Crippen LogP contribution in [0.5, 0.6) is 0 Å². The molecule has 1 aliphatic rings. The maximum Gasteiger partial charge on any atom is 0.236 e. The van der Waals surface area contributed by atoms with Crippen LogP contribution in [0.4, 0.5) is 0 Å². The van der Waals surface area contributed by atoms with E-state index in [9.17, 15) is 4.79 Å². The number of carbonyl (C=O) groups is 1. The molecular formula is C11H23N3O. The van der Waals surface area contributed by atoms with Crippen molar-refractivity contribution in [1.82, 2.24) is 9.80 Å². The van der Waals surface area contributed by atoms with Crippen molar-refractivity contribution >= 4 is 5.91 Å². The highest BCUT2D eigenvalue weighted by Gasteiger charge is 2.16. The van der Waals surface area contributed by atoms with Gasteiger partial charge in [-0.2, -0.15) is 0 Å². The molecule has 1 amide bonds. The zero-order valence-corrected chi connectivity index (χ0v) is 9.74. The molecule has 0 bridgehead atoms. The summed E-state index contributed by atoms with van der Waals surface area (Å²) in [5.74, 6) is 0.257. The molecule has 0 unspecified atom stereocenters. The van der Waals surface area contributed by atoms with Crippen LogP contribution < -0.4 is 5.73 Å². The van der Waals surface area contributed by atoms with E-state index in [1.165, 1.54) is 12.8 Å². The SMILES string of the molecule is CN(CCN)CC(=O)N1CCCCCC1. The molecule has 0 aliphatic carbocycles. The molecule has 0 radical (unpaired) electrons. The van der Waals surface area contributed by atoms with E-state index in [-0.39, 0.29) is 5.91 Å². The Morgan fingerprint density at radius 3 is 2.40 bits per heavy atom. The number of nitrogens with two attached hydrogens (primary N) is 1. The molecule has 15 heavy (non-hydrogen) atoms. The Labute approximate surface area is 92.4 Å². The number of amides is 1. The monoisotopic (exact) mass is 213 g/mol. The standard InChI is InChI=1S/C11H23N3O/c1-13(9-6-12)10-11(15)14-7-4-2-3-5-8-14/h2-10,12H2,1H3. The van der Waals surface area contributed by atoms with E-state index in [1.54, 1.807) is 0 Å². The molecule has 1 heterocycles. The lowest BCUT2D eigenvalue weighted by atomic mass is 10.2. The number of likely N-dealkylation sites (N-methyl/N-ethyl adjacent to an activating group) is 1. The summed E-state index contributed by atoms with van der Waals surface area (Å²) in [7, 11) is 1.95. The van der Waals surface area contributed by atoms with Gasteiger partial charge in [-0.05, 0) is 19.9 Å². The quantitative estimate of drug-likeness (QED) is 0.730. The van der Waals surface area contributed by atoms with Gasteiger partial charge in [0.15, 0.2) is 0 Å². The van der Waals surface area contributed by atoms with Crippen molar-refractivity contribution in [2.24, 2.45) is 5.73 Å². The van der Waals surface area contributed by atoms with Gasteiger partial charge in [0.2, 0.25) is 5.91 Å². The van der Waals surface area contributed by atoms with Gasteiger partial charge in [0.25, 0.3) is 0 Å². The largest absolute Gasteiger partial charge is 0.342 e. The summed E-state index contributed by atoms with van der Waals surface area (Å²) in [6, 6.07) is 0. The van der Waals surface area contributed by atoms with Crippen molar-refractivity contribution < 1.29 is 4.79 Å². The summed E-state index contributed by atoms with van der Waals surface area (Å²) in [5, 5.41) is 0. The summed E-state index contributed by atoms with van der Waals surface area (Å²) in [4.78, 5) is 15.9. The van der Waals surface area contributed by atoms with Crippen LogP contribution in [0.2, 0.25) is 0 Å². The smallest absolute Gasteiger partial charge is 0.236 e. The average molecular weight is 213 g/mol. The molecule has 0 atom stereocenters. The second-order valence-electron chi connectivity index (χ2n) is 4.32. The van der Waals surface area contributed by atoms with Gasteiger partial charge < -0.3 is 10.6 Å². The van der Waals surface area contributed by atoms with Gasteiger partial charge >= 0.3 is 0 Å². The first-order valence-corrected chi connectivity index (χ1v) is 5.90. The highest BCUT2D eigenvalue weighted by molar-refractivity contribution is 5.78. The van der Waals surface area contributed by atoms with Crippen LogP contribution in [-0.4, -0.2) is 55.5 Å². The van der Waals surface area contributed by atoms with Gasteiger partial charge in [-0.1, -0.05) is 12.8 Å². The molecule has 1 fully saturated rings. The second kappa shape index (κ2) is 6.80. The summed E-state index contributed by atoms with van der Waals surface area (Å²) >= 11 is 0. The lowest BCUT2D eigenvalue weighted by Crippen LogP contribution is -2.40. The van der Waals surface area contributed by atoms with E-state index < -0.39 is 0 Å². The Hall–Kier alpha value is -0.610. The van der Waals surface area contributed by atoms with Gasteiger partial charge in [-0.3, -0.25) is 9.69 Å². The lowest BCUT2D eigenvalue weighted by molar-refractivity contribution is -0.132. The predicted molar refractivity (Wildman–Crippen MR) is 61.6 cm³/mol. The van der Waals surface area contributed by atoms with Gasteiger partial charge in [0.05, 0.1) is 6.54 Å². The van der Waals surface area contributed by atoms with Crippen molar-refractivity contribution in [3.8, 4) is 0 Å². The van der Waals surface area contributed by atoms with Gasteiger partial charge in [0, 0.05) is 26.2 Å². The van der Waals surface area contributed by atoms with Crippen molar-refractivity contribution in [3.63, 3.8) is 0 Å². The Bertz CT molecular complexity index is 188. The molecule has 0 aromatic rings. The normalized spacial score (nSPS) is 17.9. The Morgan fingerprint density at radius 1 is 1.27 bits per heavy atom. The number of nitrogens with zero attached hydrogens (tertiary/aromatic N) is 2. The summed E-state index contributed by atoms with van der Waals surface area (Å²) in [5.41, 5.74) is 5.44. The Kier molecular flexibility index (Phi) is 5.65. The highest BCUT2D eigenvalue weighted by Crippen LogP contribution is 2.09. The van der Waals surface area contributed by atoms with Crippen molar-refractivity contribution in [2.75, 3.05) is 39.8 Å². The van der Waals surface area contributed by atoms with E-state index in [0.29, 0.717) is 13.1 Å². The van der Waals surface area contributed by atoms with Gasteiger partial charge in [-0.15, -0.1) is 0 Å². The number of hydrogen-bond donors (Lipinski definition) is 1. The first-order valence-electron chi connectivity index (χ1n) is 5.90. The molecule has 0 aromatic heterocycles. The topological polar surface area (TPSA) is 49.6 Å². The first kappa shape index (κ1) is 12.5. The molecule has 88 valence electrons. The third-order valence-electron chi connectivity index (χ3n) is 2.87. The molecule has 4 nitrogen and oxygen atoms in total. The van der Waals surface area contributed by atoms with Crippen LogP contribution in [-0.2, 0) is 4.79 Å². The minimum atomic E-state index is 0.257. The van der Waals surface area contributed by atoms with Gasteiger partial charge in [0.1, 0.15) is 0 Å². The third kappa shape index (κ3) is 4.62. The second-order valence-corrected chi connectivity index (χ2v) is 4.32. The van der Waals surface area contributed by atoms with Crippen molar-refractivity contribution in [3.05, 3.63) is 0 Å². The molecule has 0 spiro atoms. The van der Waals surface area contributed by atoms with Crippen LogP contribution in [0.15, 0.2) is 0 Å². The number of rotatable bonds is 4. The number of likely N-dealkylation sites (tertiary alicyclic amines) is 1. The molecule has 1 aliphatic heterocycles. The predicted octanol–water partition coefficient (Wildman–Crippen LogP) is 0.280. The summed E-state index contributed by atoms with van der Waals surface area (Å²) in [6.07, 6.45) is 4.85. The van der Waals surface area contributed by atoms with Crippen molar-refractivity contribution in [1.29, 1.82) is 0 Å². The van der Waals surface area contributed by atoms with E-state index in [1.807, 2.05) is 16.8 Å². The minimum Gasteiger partial charge on any atom is -0.342 e. The van der Waals surface area contributed by atoms with Gasteiger partial charge in [-0.25, -0.2) is 0 Å². The third-order valence-corrected chi connectivity index (χ3v) is 2.87. The Morgan fingerprint density at radius 2 is 1.87 bits per heavy atom. The molecule has 0 aromatic carbocycles. The van der Waals surface area contributed by atoms with Crippen LogP contribution in [0.3, 0.4) is 0 Å². The zero-order chi connectivity index (χ0) is 11.1. The molecular weight excluding hydrogens is 190 g/mol. The summed E-state index contributed by atoms with van der Waals surface area (Å²) in [6.45, 7) is 3.80. The van der Waals surface area contributed by atoms with E-state index >= 15 is 0 Å². The fourth-order valence-corrected chi connectivity index (χ4v) is 1.95. The van der Waals surface area contributed by atoms with Crippen LogP contribution in [0.25, 0.3) is 0 Å². The molecule has 1 saturated heterocycles. The van der Waals surface area contributed by atoms with Crippen molar-refractivity contribution in [2.45, 2.75) is 25.7 Å². The first-order chi connectivity index (χ1) is 7.24. The number of hydrogen-bond acceptors (Lipinski definition) is 3. The maximum absolute atomic E-state index is 11.9. The zero-order valence-electron chi connectivity index (χ0n) is 9.74. The Balaban J connectivity index is 2.30. The van der Waals surface area contributed by atoms with Crippen LogP contribution in [0.1, 0.15) is 25.7 Å². The molecule has 4 heteroatoms. The number of carbonyl (C=O) groups excluding carboxylic acids is 1. The fraction of sp³-hybridized carbons (Fsp3) is 0.909. The van der Waals surface area contributed by atoms with E-state index in [4.69, 9.17) is 5.73 Å². The molecule has 1 rings (SSSR count). The average Bonchev–Trinajstić information content (AvgIpc) is 2.45. The minimum absolute atomic E-state index is 0.257. The maximum atomic E-state index is 11.9. The van der Waals surface area contributed by atoms with E-state index in [2.05, 4.69) is 0 Å². The van der Waals surface area contributed by atoms with Crippen LogP contribution >= 0.6 is 0 Å². The fourth-order valence-electron chi connectivity index (χ4n) is 1.95. The molecule has 2 N–H and O–H groups in total. The van der Waals surface area contributed by atoms with Crippen LogP contribution in [0, 0.1) is 0 Å².